The predicted molar refractivity (Wildman–Crippen MR) is 158 cm³/mol. The third-order valence-electron chi connectivity index (χ3n) is 6.66. The second kappa shape index (κ2) is 14.5. The molecular formula is C31H39N3O5S. The van der Waals surface area contributed by atoms with E-state index in [1.54, 1.807) is 42.5 Å². The maximum atomic E-state index is 14.0. The van der Waals surface area contributed by atoms with Crippen molar-refractivity contribution >= 4 is 27.5 Å². The van der Waals surface area contributed by atoms with E-state index in [2.05, 4.69) is 5.32 Å². The molecule has 8 nitrogen and oxygen atoms in total. The molecule has 0 spiro atoms. The predicted octanol–water partition coefficient (Wildman–Crippen LogP) is 4.92. The third kappa shape index (κ3) is 7.85. The summed E-state index contributed by atoms with van der Waals surface area (Å²) in [5.41, 5.74) is 2.24. The molecule has 2 amide bonds. The summed E-state index contributed by atoms with van der Waals surface area (Å²) in [6.07, 6.45) is 2.13. The molecule has 3 aromatic rings. The first kappa shape index (κ1) is 30.7. The molecule has 3 aromatic carbocycles. The highest BCUT2D eigenvalue weighted by Crippen LogP contribution is 2.26. The van der Waals surface area contributed by atoms with Crippen LogP contribution in [0.25, 0.3) is 0 Å². The first-order valence-corrected chi connectivity index (χ1v) is 15.0. The van der Waals surface area contributed by atoms with E-state index < -0.39 is 28.5 Å². The zero-order valence-corrected chi connectivity index (χ0v) is 24.5. The molecular weight excluding hydrogens is 526 g/mol. The van der Waals surface area contributed by atoms with Crippen molar-refractivity contribution in [2.24, 2.45) is 0 Å². The highest BCUT2D eigenvalue weighted by molar-refractivity contribution is 7.92. The average molecular weight is 566 g/mol. The lowest BCUT2D eigenvalue weighted by Gasteiger charge is -2.33. The van der Waals surface area contributed by atoms with E-state index in [4.69, 9.17) is 4.74 Å². The van der Waals surface area contributed by atoms with Gasteiger partial charge in [-0.2, -0.15) is 0 Å². The lowest BCUT2D eigenvalue weighted by molar-refractivity contribution is -0.140. The fraction of sp³-hybridized carbons (Fsp3) is 0.355. The Hall–Kier alpha value is -3.85. The Labute approximate surface area is 238 Å². The molecule has 1 N–H and O–H groups in total. The molecule has 0 heterocycles. The molecule has 0 bridgehead atoms. The minimum Gasteiger partial charge on any atom is -0.497 e. The molecule has 0 fully saturated rings. The summed E-state index contributed by atoms with van der Waals surface area (Å²) in [4.78, 5) is 28.8. The molecule has 0 unspecified atom stereocenters. The van der Waals surface area contributed by atoms with Gasteiger partial charge in [0, 0.05) is 13.1 Å². The number of anilines is 1. The summed E-state index contributed by atoms with van der Waals surface area (Å²) in [6.45, 7) is 6.07. The molecule has 1 atom stereocenters. The van der Waals surface area contributed by atoms with Crippen molar-refractivity contribution in [3.05, 3.63) is 90.0 Å². The van der Waals surface area contributed by atoms with Crippen molar-refractivity contribution in [3.8, 4) is 5.75 Å². The van der Waals surface area contributed by atoms with E-state index in [-0.39, 0.29) is 17.3 Å². The minimum absolute atomic E-state index is 0.0630. The highest BCUT2D eigenvalue weighted by atomic mass is 32.2. The number of aryl methyl sites for hydroxylation is 1. The number of hydrogen-bond acceptors (Lipinski definition) is 5. The molecule has 3 rings (SSSR count). The summed E-state index contributed by atoms with van der Waals surface area (Å²) in [7, 11) is -2.58. The van der Waals surface area contributed by atoms with E-state index in [1.807, 2.05) is 45.0 Å². The van der Waals surface area contributed by atoms with Crippen LogP contribution in [0.5, 0.6) is 5.75 Å². The zero-order valence-electron chi connectivity index (χ0n) is 23.7. The zero-order chi connectivity index (χ0) is 29.1. The van der Waals surface area contributed by atoms with Crippen LogP contribution in [-0.4, -0.2) is 51.4 Å². The van der Waals surface area contributed by atoms with E-state index >= 15 is 0 Å². The van der Waals surface area contributed by atoms with Crippen LogP contribution in [0.15, 0.2) is 83.8 Å². The lowest BCUT2D eigenvalue weighted by atomic mass is 10.1. The fourth-order valence-corrected chi connectivity index (χ4v) is 5.75. The number of carbonyl (C=O) groups excluding carboxylic acids is 2. The summed E-state index contributed by atoms with van der Waals surface area (Å²) < 4.78 is 34.0. The van der Waals surface area contributed by atoms with Gasteiger partial charge in [0.15, 0.2) is 0 Å². The number of hydrogen-bond donors (Lipinski definition) is 1. The Balaban J connectivity index is 2.02. The molecule has 0 aromatic heterocycles. The van der Waals surface area contributed by atoms with Crippen LogP contribution >= 0.6 is 0 Å². The minimum atomic E-state index is -4.11. The maximum absolute atomic E-state index is 14.0. The van der Waals surface area contributed by atoms with Crippen molar-refractivity contribution in [1.29, 1.82) is 0 Å². The largest absolute Gasteiger partial charge is 0.497 e. The number of unbranched alkanes of at least 4 members (excludes halogenated alkanes) is 1. The number of amides is 2. The van der Waals surface area contributed by atoms with Crippen LogP contribution in [0.3, 0.4) is 0 Å². The standard InChI is InChI=1S/C31H39N3O5S/c1-5-7-21-32-31(36)29(6-2)33(22-25-15-13-24(3)14-16-25)30(35)23-34(26-17-19-27(39-4)20-18-26)40(37,38)28-11-9-8-10-12-28/h8-20,29H,5-7,21-23H2,1-4H3,(H,32,36)/t29-/m1/s1. The fourth-order valence-electron chi connectivity index (χ4n) is 4.31. The number of sulfonamides is 1. The highest BCUT2D eigenvalue weighted by Gasteiger charge is 2.33. The van der Waals surface area contributed by atoms with Gasteiger partial charge in [-0.05, 0) is 61.7 Å². The number of carbonyl (C=O) groups is 2. The monoisotopic (exact) mass is 565 g/mol. The van der Waals surface area contributed by atoms with Gasteiger partial charge in [0.2, 0.25) is 11.8 Å². The Morgan fingerprint density at radius 1 is 0.925 bits per heavy atom. The summed E-state index contributed by atoms with van der Waals surface area (Å²) in [5.74, 6) is -0.172. The molecule has 0 aliphatic carbocycles. The number of methoxy groups -OCH3 is 1. The van der Waals surface area contributed by atoms with E-state index in [9.17, 15) is 18.0 Å². The summed E-state index contributed by atoms with van der Waals surface area (Å²) >= 11 is 0. The summed E-state index contributed by atoms with van der Waals surface area (Å²) in [6, 6.07) is 21.5. The normalized spacial score (nSPS) is 11.9. The Morgan fingerprint density at radius 2 is 1.57 bits per heavy atom. The molecule has 0 radical (unpaired) electrons. The lowest BCUT2D eigenvalue weighted by Crippen LogP contribution is -2.52. The van der Waals surface area contributed by atoms with E-state index in [0.717, 1.165) is 28.3 Å². The molecule has 0 saturated carbocycles. The number of benzene rings is 3. The van der Waals surface area contributed by atoms with Gasteiger partial charge in [-0.25, -0.2) is 8.42 Å². The Morgan fingerprint density at radius 3 is 2.15 bits per heavy atom. The molecule has 0 aliphatic heterocycles. The molecule has 0 aliphatic rings. The van der Waals surface area contributed by atoms with Crippen molar-refractivity contribution in [1.82, 2.24) is 10.2 Å². The quantitative estimate of drug-likeness (QED) is 0.280. The molecule has 40 heavy (non-hydrogen) atoms. The van der Waals surface area contributed by atoms with Crippen LogP contribution in [0.1, 0.15) is 44.2 Å². The smallest absolute Gasteiger partial charge is 0.264 e. The first-order valence-electron chi connectivity index (χ1n) is 13.6. The molecule has 214 valence electrons. The van der Waals surface area contributed by atoms with Crippen molar-refractivity contribution < 1.29 is 22.7 Å². The van der Waals surface area contributed by atoms with Crippen molar-refractivity contribution in [2.75, 3.05) is 24.5 Å². The SMILES string of the molecule is CCCCNC(=O)[C@@H](CC)N(Cc1ccc(C)cc1)C(=O)CN(c1ccc(OC)cc1)S(=O)(=O)c1ccccc1. The van der Waals surface area contributed by atoms with E-state index in [1.165, 1.54) is 24.1 Å². The van der Waals surface area contributed by atoms with Gasteiger partial charge >= 0.3 is 0 Å². The first-order chi connectivity index (χ1) is 19.2. The van der Waals surface area contributed by atoms with Crippen LogP contribution in [0.4, 0.5) is 5.69 Å². The van der Waals surface area contributed by atoms with Gasteiger partial charge in [-0.15, -0.1) is 0 Å². The molecule has 9 heteroatoms. The van der Waals surface area contributed by atoms with Gasteiger partial charge in [0.25, 0.3) is 10.0 Å². The molecule has 0 saturated heterocycles. The Kier molecular flexibility index (Phi) is 11.1. The second-order valence-corrected chi connectivity index (χ2v) is 11.5. The van der Waals surface area contributed by atoms with Gasteiger partial charge < -0.3 is 15.0 Å². The van der Waals surface area contributed by atoms with Crippen molar-refractivity contribution in [2.45, 2.75) is 57.5 Å². The van der Waals surface area contributed by atoms with E-state index in [0.29, 0.717) is 24.4 Å². The number of nitrogens with one attached hydrogen (secondary N) is 1. The topological polar surface area (TPSA) is 96.0 Å². The van der Waals surface area contributed by atoms with Crippen molar-refractivity contribution in [3.63, 3.8) is 0 Å². The second-order valence-electron chi connectivity index (χ2n) is 9.60. The average Bonchev–Trinajstić information content (AvgIpc) is 2.97. The van der Waals surface area contributed by atoms with Crippen LogP contribution < -0.4 is 14.4 Å². The number of ether oxygens (including phenoxy) is 1. The van der Waals surface area contributed by atoms with Gasteiger partial charge in [-0.1, -0.05) is 68.3 Å². The van der Waals surface area contributed by atoms with Gasteiger partial charge in [0.05, 0.1) is 17.7 Å². The van der Waals surface area contributed by atoms with Gasteiger partial charge in [-0.3, -0.25) is 13.9 Å². The Bertz CT molecular complexity index is 1340. The van der Waals surface area contributed by atoms with Crippen LogP contribution in [0.2, 0.25) is 0 Å². The maximum Gasteiger partial charge on any atom is 0.264 e. The third-order valence-corrected chi connectivity index (χ3v) is 8.45. The van der Waals surface area contributed by atoms with Crippen LogP contribution in [-0.2, 0) is 26.2 Å². The van der Waals surface area contributed by atoms with Gasteiger partial charge in [0.1, 0.15) is 18.3 Å². The summed E-state index contributed by atoms with van der Waals surface area (Å²) in [5, 5.41) is 2.94. The number of nitrogens with zero attached hydrogens (tertiary/aromatic N) is 2. The number of rotatable bonds is 14. The van der Waals surface area contributed by atoms with Crippen LogP contribution in [0, 0.1) is 6.92 Å².